The largest absolute Gasteiger partial charge is 0.364 e. The lowest BCUT2D eigenvalue weighted by atomic mass is 10.4. The van der Waals surface area contributed by atoms with Gasteiger partial charge in [-0.15, -0.1) is 11.3 Å². The molecule has 2 heterocycles. The Hall–Kier alpha value is 0.0900. The molecule has 2 aromatic rings. The van der Waals surface area contributed by atoms with Crippen LogP contribution in [0.3, 0.4) is 0 Å². The predicted octanol–water partition coefficient (Wildman–Crippen LogP) is 5.04. The average Bonchev–Trinajstić information content (AvgIpc) is 2.63. The van der Waals surface area contributed by atoms with E-state index < -0.39 is 0 Å². The van der Waals surface area contributed by atoms with Crippen molar-refractivity contribution in [1.82, 2.24) is 4.98 Å². The van der Waals surface area contributed by atoms with Crippen LogP contribution in [0.15, 0.2) is 37.1 Å². The van der Waals surface area contributed by atoms with Crippen LogP contribution in [0.4, 0.5) is 5.82 Å². The number of rotatable bonds is 3. The highest BCUT2D eigenvalue weighted by Gasteiger charge is 2.03. The Bertz CT molecular complexity index is 499. The lowest BCUT2D eigenvalue weighted by Gasteiger charge is -2.06. The van der Waals surface area contributed by atoms with Gasteiger partial charge in [0.05, 0.1) is 14.8 Å². The van der Waals surface area contributed by atoms with Gasteiger partial charge in [0.15, 0.2) is 0 Å². The van der Waals surface area contributed by atoms with Gasteiger partial charge in [-0.2, -0.15) is 0 Å². The van der Waals surface area contributed by atoms with Crippen molar-refractivity contribution in [2.75, 3.05) is 5.32 Å². The summed E-state index contributed by atoms with van der Waals surface area (Å²) in [4.78, 5) is 5.55. The van der Waals surface area contributed by atoms with E-state index in [4.69, 9.17) is 0 Å². The molecule has 0 atom stereocenters. The number of anilines is 1. The Balaban J connectivity index is 2.04. The summed E-state index contributed by atoms with van der Waals surface area (Å²) in [7, 11) is 0. The van der Waals surface area contributed by atoms with Gasteiger partial charge in [-0.3, -0.25) is 0 Å². The van der Waals surface area contributed by atoms with E-state index in [2.05, 4.69) is 64.2 Å². The van der Waals surface area contributed by atoms with Crippen molar-refractivity contribution in [3.05, 3.63) is 42.0 Å². The molecular formula is C10H7Br3N2S. The Morgan fingerprint density at radius 3 is 2.69 bits per heavy atom. The third kappa shape index (κ3) is 3.29. The van der Waals surface area contributed by atoms with Crippen molar-refractivity contribution in [2.45, 2.75) is 6.54 Å². The highest BCUT2D eigenvalue weighted by molar-refractivity contribution is 9.11. The van der Waals surface area contributed by atoms with Gasteiger partial charge in [-0.25, -0.2) is 4.98 Å². The molecular weight excluding hydrogens is 420 g/mol. The van der Waals surface area contributed by atoms with Crippen molar-refractivity contribution in [1.29, 1.82) is 0 Å². The number of thiophene rings is 1. The molecule has 0 saturated heterocycles. The normalized spacial score (nSPS) is 10.4. The molecule has 84 valence electrons. The first-order valence-electron chi connectivity index (χ1n) is 4.44. The first-order valence-corrected chi connectivity index (χ1v) is 7.64. The number of hydrogen-bond acceptors (Lipinski definition) is 3. The Morgan fingerprint density at radius 1 is 1.25 bits per heavy atom. The smallest absolute Gasteiger partial charge is 0.140 e. The molecule has 0 bridgehead atoms. The molecule has 0 fully saturated rings. The standard InChI is InChI=1S/C10H7Br3N2S/c11-6-3-8(12)10(14-4-6)15-5-7-1-2-9(13)16-7/h1-4H,5H2,(H,14,15). The van der Waals surface area contributed by atoms with Crippen molar-refractivity contribution >= 4 is 64.9 Å². The third-order valence-corrected chi connectivity index (χ3v) is 4.53. The van der Waals surface area contributed by atoms with Gasteiger partial charge >= 0.3 is 0 Å². The fraction of sp³-hybridized carbons (Fsp3) is 0.100. The van der Waals surface area contributed by atoms with Crippen molar-refractivity contribution < 1.29 is 0 Å². The Kier molecular flexibility index (Phi) is 4.41. The van der Waals surface area contributed by atoms with Crippen molar-refractivity contribution in [3.8, 4) is 0 Å². The maximum Gasteiger partial charge on any atom is 0.140 e. The quantitative estimate of drug-likeness (QED) is 0.743. The van der Waals surface area contributed by atoms with E-state index in [-0.39, 0.29) is 0 Å². The van der Waals surface area contributed by atoms with E-state index >= 15 is 0 Å². The predicted molar refractivity (Wildman–Crippen MR) is 79.0 cm³/mol. The summed E-state index contributed by atoms with van der Waals surface area (Å²) < 4.78 is 3.06. The zero-order valence-electron chi connectivity index (χ0n) is 8.01. The number of nitrogens with zero attached hydrogens (tertiary/aromatic N) is 1. The minimum atomic E-state index is 0.781. The minimum absolute atomic E-state index is 0.781. The van der Waals surface area contributed by atoms with E-state index in [1.807, 2.05) is 12.1 Å². The lowest BCUT2D eigenvalue weighted by Crippen LogP contribution is -2.00. The third-order valence-electron chi connectivity index (χ3n) is 1.87. The molecule has 2 aromatic heterocycles. The van der Waals surface area contributed by atoms with E-state index in [9.17, 15) is 0 Å². The van der Waals surface area contributed by atoms with E-state index in [0.717, 1.165) is 25.1 Å². The molecule has 2 rings (SSSR count). The fourth-order valence-electron chi connectivity index (χ4n) is 1.16. The second-order valence-corrected chi connectivity index (χ2v) is 7.36. The summed E-state index contributed by atoms with van der Waals surface area (Å²) in [5, 5.41) is 3.28. The van der Waals surface area contributed by atoms with Crippen LogP contribution < -0.4 is 5.32 Å². The first kappa shape index (κ1) is 12.5. The fourth-order valence-corrected chi connectivity index (χ4v) is 3.71. The van der Waals surface area contributed by atoms with Crippen molar-refractivity contribution in [3.63, 3.8) is 0 Å². The molecule has 0 saturated carbocycles. The monoisotopic (exact) mass is 424 g/mol. The summed E-state index contributed by atoms with van der Waals surface area (Å²) >= 11 is 12.0. The number of hydrogen-bond donors (Lipinski definition) is 1. The highest BCUT2D eigenvalue weighted by Crippen LogP contribution is 2.26. The number of aromatic nitrogens is 1. The molecule has 2 nitrogen and oxygen atoms in total. The summed E-state index contributed by atoms with van der Waals surface area (Å²) in [5.74, 6) is 0.854. The Morgan fingerprint density at radius 2 is 2.06 bits per heavy atom. The minimum Gasteiger partial charge on any atom is -0.364 e. The number of nitrogens with one attached hydrogen (secondary N) is 1. The van der Waals surface area contributed by atoms with E-state index in [1.54, 1.807) is 17.5 Å². The molecule has 0 aliphatic heterocycles. The van der Waals surface area contributed by atoms with Gasteiger partial charge in [-0.05, 0) is 66.0 Å². The number of halogens is 3. The van der Waals surface area contributed by atoms with Gasteiger partial charge in [-0.1, -0.05) is 0 Å². The van der Waals surface area contributed by atoms with Gasteiger partial charge in [0.25, 0.3) is 0 Å². The molecule has 0 aliphatic carbocycles. The zero-order chi connectivity index (χ0) is 11.5. The van der Waals surface area contributed by atoms with Crippen LogP contribution in [0.1, 0.15) is 4.88 Å². The molecule has 0 spiro atoms. The summed E-state index contributed by atoms with van der Waals surface area (Å²) in [6.07, 6.45) is 1.78. The SMILES string of the molecule is Brc1cnc(NCc2ccc(Br)s2)c(Br)c1. The molecule has 0 aromatic carbocycles. The van der Waals surface area contributed by atoms with Gasteiger partial charge in [0.2, 0.25) is 0 Å². The van der Waals surface area contributed by atoms with Crippen LogP contribution in [0.25, 0.3) is 0 Å². The molecule has 0 unspecified atom stereocenters. The Labute approximate surface area is 123 Å². The van der Waals surface area contributed by atoms with E-state index in [0.29, 0.717) is 0 Å². The molecule has 0 radical (unpaired) electrons. The summed E-state index contributed by atoms with van der Waals surface area (Å²) in [5.41, 5.74) is 0. The van der Waals surface area contributed by atoms with Crippen LogP contribution >= 0.6 is 59.1 Å². The van der Waals surface area contributed by atoms with Crippen LogP contribution in [-0.4, -0.2) is 4.98 Å². The van der Waals surface area contributed by atoms with Crippen LogP contribution in [0.2, 0.25) is 0 Å². The second-order valence-electron chi connectivity index (χ2n) is 3.04. The number of pyridine rings is 1. The molecule has 16 heavy (non-hydrogen) atoms. The topological polar surface area (TPSA) is 24.9 Å². The van der Waals surface area contributed by atoms with Gasteiger partial charge in [0, 0.05) is 15.5 Å². The maximum absolute atomic E-state index is 4.29. The summed E-state index contributed by atoms with van der Waals surface area (Å²) in [6.45, 7) is 0.781. The molecule has 6 heteroatoms. The van der Waals surface area contributed by atoms with Gasteiger partial charge < -0.3 is 5.32 Å². The first-order chi connectivity index (χ1) is 7.65. The molecule has 0 amide bonds. The van der Waals surface area contributed by atoms with Crippen LogP contribution in [0.5, 0.6) is 0 Å². The van der Waals surface area contributed by atoms with E-state index in [1.165, 1.54) is 4.88 Å². The summed E-state index contributed by atoms with van der Waals surface area (Å²) in [6, 6.07) is 6.11. The van der Waals surface area contributed by atoms with Crippen LogP contribution in [-0.2, 0) is 6.54 Å². The lowest BCUT2D eigenvalue weighted by molar-refractivity contribution is 1.13. The van der Waals surface area contributed by atoms with Crippen molar-refractivity contribution in [2.24, 2.45) is 0 Å². The molecule has 1 N–H and O–H groups in total. The maximum atomic E-state index is 4.29. The zero-order valence-corrected chi connectivity index (χ0v) is 13.6. The second kappa shape index (κ2) is 5.62. The highest BCUT2D eigenvalue weighted by atomic mass is 79.9. The van der Waals surface area contributed by atoms with Gasteiger partial charge in [0.1, 0.15) is 5.82 Å². The average molecular weight is 427 g/mol. The molecule has 0 aliphatic rings. The van der Waals surface area contributed by atoms with Crippen LogP contribution in [0, 0.1) is 0 Å².